The highest BCUT2D eigenvalue weighted by Gasteiger charge is 2.09. The summed E-state index contributed by atoms with van der Waals surface area (Å²) in [5.74, 6) is -0.322. The minimum absolute atomic E-state index is 0.0194. The third kappa shape index (κ3) is 2.35. The number of amides is 1. The minimum Gasteiger partial charge on any atom is -0.431 e. The molecule has 82 valence electrons. The zero-order chi connectivity index (χ0) is 11.4. The first-order valence-corrected chi connectivity index (χ1v) is 4.64. The zero-order valence-corrected chi connectivity index (χ0v) is 8.38. The molecule has 0 atom stereocenters. The largest absolute Gasteiger partial charge is 0.431 e. The van der Waals surface area contributed by atoms with Gasteiger partial charge in [-0.2, -0.15) is 4.98 Å². The lowest BCUT2D eigenvalue weighted by Gasteiger charge is -2.01. The van der Waals surface area contributed by atoms with E-state index >= 15 is 0 Å². The molecule has 0 unspecified atom stereocenters. The number of hydrogen-bond donors (Lipinski definition) is 2. The summed E-state index contributed by atoms with van der Waals surface area (Å²) in [6, 6.07) is 3.61. The van der Waals surface area contributed by atoms with Gasteiger partial charge in [-0.15, -0.1) is 0 Å². The molecule has 2 rings (SSSR count). The van der Waals surface area contributed by atoms with Crippen LogP contribution in [0, 0.1) is 0 Å². The van der Waals surface area contributed by atoms with Crippen LogP contribution >= 0.6 is 0 Å². The van der Waals surface area contributed by atoms with Gasteiger partial charge in [0.15, 0.2) is 5.69 Å². The maximum Gasteiger partial charge on any atom is 0.292 e. The van der Waals surface area contributed by atoms with Gasteiger partial charge in [-0.05, 0) is 17.7 Å². The van der Waals surface area contributed by atoms with Crippen molar-refractivity contribution in [3.63, 3.8) is 0 Å². The fourth-order valence-corrected chi connectivity index (χ4v) is 1.17. The SMILES string of the molecule is Nc1nc(C(=O)NCc2ccncc2)co1. The Hall–Kier alpha value is -2.37. The molecule has 0 bridgehead atoms. The Morgan fingerprint density at radius 2 is 2.19 bits per heavy atom. The van der Waals surface area contributed by atoms with Gasteiger partial charge >= 0.3 is 0 Å². The summed E-state index contributed by atoms with van der Waals surface area (Å²) in [4.78, 5) is 19.1. The molecule has 2 aromatic rings. The van der Waals surface area contributed by atoms with Crippen LogP contribution < -0.4 is 11.1 Å². The molecular formula is C10H10N4O2. The number of oxazole rings is 1. The molecule has 0 saturated heterocycles. The van der Waals surface area contributed by atoms with E-state index in [1.807, 2.05) is 12.1 Å². The first-order valence-electron chi connectivity index (χ1n) is 4.64. The lowest BCUT2D eigenvalue weighted by molar-refractivity contribution is 0.0946. The third-order valence-corrected chi connectivity index (χ3v) is 1.96. The fourth-order valence-electron chi connectivity index (χ4n) is 1.17. The van der Waals surface area contributed by atoms with Crippen molar-refractivity contribution in [2.45, 2.75) is 6.54 Å². The molecule has 2 aromatic heterocycles. The Labute approximate surface area is 91.5 Å². The average molecular weight is 218 g/mol. The van der Waals surface area contributed by atoms with Gasteiger partial charge in [0.1, 0.15) is 6.26 Å². The van der Waals surface area contributed by atoms with Crippen molar-refractivity contribution in [3.8, 4) is 0 Å². The molecule has 0 aliphatic heterocycles. The van der Waals surface area contributed by atoms with Crippen molar-refractivity contribution in [1.29, 1.82) is 0 Å². The number of anilines is 1. The van der Waals surface area contributed by atoms with Gasteiger partial charge in [0, 0.05) is 18.9 Å². The predicted octanol–water partition coefficient (Wildman–Crippen LogP) is 0.582. The Morgan fingerprint density at radius 1 is 1.44 bits per heavy atom. The number of nitrogens with two attached hydrogens (primary N) is 1. The zero-order valence-electron chi connectivity index (χ0n) is 8.38. The monoisotopic (exact) mass is 218 g/mol. The highest BCUT2D eigenvalue weighted by atomic mass is 16.4. The molecule has 16 heavy (non-hydrogen) atoms. The fraction of sp³-hybridized carbons (Fsp3) is 0.100. The van der Waals surface area contributed by atoms with Crippen LogP contribution in [0.3, 0.4) is 0 Å². The topological polar surface area (TPSA) is 94.0 Å². The van der Waals surface area contributed by atoms with Crippen LogP contribution in [0.2, 0.25) is 0 Å². The standard InChI is InChI=1S/C10H10N4O2/c11-10-14-8(6-16-10)9(15)13-5-7-1-3-12-4-2-7/h1-4,6H,5H2,(H2,11,14)(H,13,15). The number of rotatable bonds is 3. The first-order chi connectivity index (χ1) is 7.75. The van der Waals surface area contributed by atoms with Crippen molar-refractivity contribution >= 4 is 11.9 Å². The van der Waals surface area contributed by atoms with Crippen LogP contribution in [0.1, 0.15) is 16.1 Å². The van der Waals surface area contributed by atoms with Gasteiger partial charge in [0.2, 0.25) is 0 Å². The van der Waals surface area contributed by atoms with E-state index in [1.165, 1.54) is 6.26 Å². The summed E-state index contributed by atoms with van der Waals surface area (Å²) in [5.41, 5.74) is 6.39. The second-order valence-electron chi connectivity index (χ2n) is 3.11. The minimum atomic E-state index is -0.322. The van der Waals surface area contributed by atoms with Crippen LogP contribution in [-0.4, -0.2) is 15.9 Å². The summed E-state index contributed by atoms with van der Waals surface area (Å²) in [7, 11) is 0. The first kappa shape index (κ1) is 10.2. The quantitative estimate of drug-likeness (QED) is 0.785. The number of nitrogens with zero attached hydrogens (tertiary/aromatic N) is 2. The van der Waals surface area contributed by atoms with E-state index < -0.39 is 0 Å². The third-order valence-electron chi connectivity index (χ3n) is 1.96. The molecule has 0 saturated carbocycles. The Balaban J connectivity index is 1.94. The van der Waals surface area contributed by atoms with Gasteiger partial charge in [-0.3, -0.25) is 9.78 Å². The van der Waals surface area contributed by atoms with Crippen molar-refractivity contribution in [2.24, 2.45) is 0 Å². The second-order valence-corrected chi connectivity index (χ2v) is 3.11. The second kappa shape index (κ2) is 4.43. The molecule has 2 heterocycles. The summed E-state index contributed by atoms with van der Waals surface area (Å²) in [6.07, 6.45) is 4.54. The number of carbonyl (C=O) groups is 1. The maximum absolute atomic E-state index is 11.5. The van der Waals surface area contributed by atoms with Crippen molar-refractivity contribution in [1.82, 2.24) is 15.3 Å². The molecule has 6 nitrogen and oxygen atoms in total. The Morgan fingerprint density at radius 3 is 2.81 bits per heavy atom. The van der Waals surface area contributed by atoms with Crippen LogP contribution in [0.25, 0.3) is 0 Å². The van der Waals surface area contributed by atoms with Gasteiger partial charge in [0.25, 0.3) is 11.9 Å². The van der Waals surface area contributed by atoms with Gasteiger partial charge in [0.05, 0.1) is 0 Å². The van der Waals surface area contributed by atoms with Crippen molar-refractivity contribution in [3.05, 3.63) is 42.0 Å². The summed E-state index contributed by atoms with van der Waals surface area (Å²) in [6.45, 7) is 0.411. The van der Waals surface area contributed by atoms with E-state index in [1.54, 1.807) is 12.4 Å². The number of pyridine rings is 1. The van der Waals surface area contributed by atoms with E-state index in [0.29, 0.717) is 6.54 Å². The number of aromatic nitrogens is 2. The van der Waals surface area contributed by atoms with E-state index in [-0.39, 0.29) is 17.6 Å². The molecule has 0 aliphatic carbocycles. The normalized spacial score (nSPS) is 10.0. The number of nitrogen functional groups attached to an aromatic ring is 1. The maximum atomic E-state index is 11.5. The van der Waals surface area contributed by atoms with Gasteiger partial charge in [-0.1, -0.05) is 0 Å². The molecule has 0 fully saturated rings. The molecule has 3 N–H and O–H groups in total. The Bertz CT molecular complexity index is 481. The average Bonchev–Trinajstić information content (AvgIpc) is 2.74. The van der Waals surface area contributed by atoms with Gasteiger partial charge in [-0.25, -0.2) is 0 Å². The van der Waals surface area contributed by atoms with Gasteiger partial charge < -0.3 is 15.5 Å². The Kier molecular flexibility index (Phi) is 2.81. The number of carbonyl (C=O) groups excluding carboxylic acids is 1. The molecule has 0 radical (unpaired) electrons. The highest BCUT2D eigenvalue weighted by molar-refractivity contribution is 5.92. The van der Waals surface area contributed by atoms with E-state index in [4.69, 9.17) is 10.2 Å². The molecule has 1 amide bonds. The molecular weight excluding hydrogens is 208 g/mol. The predicted molar refractivity (Wildman–Crippen MR) is 56.3 cm³/mol. The lowest BCUT2D eigenvalue weighted by atomic mass is 10.2. The van der Waals surface area contributed by atoms with E-state index in [0.717, 1.165) is 5.56 Å². The van der Waals surface area contributed by atoms with Crippen LogP contribution in [0.4, 0.5) is 6.01 Å². The molecule has 0 spiro atoms. The highest BCUT2D eigenvalue weighted by Crippen LogP contribution is 2.03. The van der Waals surface area contributed by atoms with Crippen molar-refractivity contribution in [2.75, 3.05) is 5.73 Å². The molecule has 6 heteroatoms. The molecule has 0 aromatic carbocycles. The smallest absolute Gasteiger partial charge is 0.292 e. The summed E-state index contributed by atoms with van der Waals surface area (Å²) >= 11 is 0. The number of hydrogen-bond acceptors (Lipinski definition) is 5. The molecule has 0 aliphatic rings. The summed E-state index contributed by atoms with van der Waals surface area (Å²) < 4.78 is 4.73. The van der Waals surface area contributed by atoms with Crippen LogP contribution in [0.5, 0.6) is 0 Å². The van der Waals surface area contributed by atoms with Crippen LogP contribution in [-0.2, 0) is 6.54 Å². The summed E-state index contributed by atoms with van der Waals surface area (Å²) in [5, 5.41) is 2.68. The lowest BCUT2D eigenvalue weighted by Crippen LogP contribution is -2.23. The number of nitrogens with one attached hydrogen (secondary N) is 1. The van der Waals surface area contributed by atoms with E-state index in [9.17, 15) is 4.79 Å². The van der Waals surface area contributed by atoms with Crippen molar-refractivity contribution < 1.29 is 9.21 Å². The van der Waals surface area contributed by atoms with Crippen LogP contribution in [0.15, 0.2) is 35.2 Å². The van der Waals surface area contributed by atoms with E-state index in [2.05, 4.69) is 15.3 Å².